The van der Waals surface area contributed by atoms with Crippen LogP contribution < -0.4 is 4.90 Å². The largest absolute Gasteiger partial charge is 0.268 e. The summed E-state index contributed by atoms with van der Waals surface area (Å²) in [5.41, 5.74) is -0.485. The van der Waals surface area contributed by atoms with Gasteiger partial charge in [-0.1, -0.05) is 0 Å². The number of amides is 2. The number of hydrogen-bond donors (Lipinski definition) is 0. The highest BCUT2D eigenvalue weighted by atomic mass is 19.2. The number of aromatic nitrogens is 2. The second-order valence-corrected chi connectivity index (χ2v) is 4.37. The highest BCUT2D eigenvalue weighted by Crippen LogP contribution is 2.31. The van der Waals surface area contributed by atoms with E-state index < -0.39 is 23.4 Å². The first kappa shape index (κ1) is 12.9. The quantitative estimate of drug-likeness (QED) is 0.742. The Morgan fingerprint density at radius 1 is 1.14 bits per heavy atom. The van der Waals surface area contributed by atoms with Crippen molar-refractivity contribution < 1.29 is 18.4 Å². The highest BCUT2D eigenvalue weighted by Gasteiger charge is 2.40. The van der Waals surface area contributed by atoms with E-state index in [2.05, 4.69) is 5.10 Å². The van der Waals surface area contributed by atoms with Gasteiger partial charge >= 0.3 is 0 Å². The van der Waals surface area contributed by atoms with Crippen LogP contribution in [0.4, 0.5) is 14.6 Å². The lowest BCUT2D eigenvalue weighted by molar-refractivity contribution is 0.0923. The van der Waals surface area contributed by atoms with Crippen LogP contribution in [0.3, 0.4) is 0 Å². The number of fused-ring (bicyclic) bond motifs is 1. The first-order valence-electron chi connectivity index (χ1n) is 5.75. The van der Waals surface area contributed by atoms with Gasteiger partial charge in [-0.3, -0.25) is 14.3 Å². The van der Waals surface area contributed by atoms with Crippen molar-refractivity contribution in [3.8, 4) is 6.07 Å². The van der Waals surface area contributed by atoms with Gasteiger partial charge in [-0.2, -0.15) is 10.4 Å². The molecule has 0 aliphatic carbocycles. The summed E-state index contributed by atoms with van der Waals surface area (Å²) >= 11 is 0. The van der Waals surface area contributed by atoms with E-state index >= 15 is 0 Å². The molecule has 1 aromatic heterocycles. The fourth-order valence-electron chi connectivity index (χ4n) is 2.20. The second-order valence-electron chi connectivity index (χ2n) is 4.37. The van der Waals surface area contributed by atoms with Crippen molar-refractivity contribution in [1.82, 2.24) is 9.78 Å². The zero-order valence-corrected chi connectivity index (χ0v) is 10.6. The third-order valence-electron chi connectivity index (χ3n) is 3.17. The average Bonchev–Trinajstić information content (AvgIpc) is 2.91. The summed E-state index contributed by atoms with van der Waals surface area (Å²) in [6.45, 7) is 0. The molecule has 2 aromatic rings. The van der Waals surface area contributed by atoms with Gasteiger partial charge in [0.25, 0.3) is 11.8 Å². The van der Waals surface area contributed by atoms with Crippen molar-refractivity contribution in [1.29, 1.82) is 5.26 Å². The van der Waals surface area contributed by atoms with E-state index in [1.54, 1.807) is 6.07 Å². The molecule has 1 aliphatic heterocycles. The van der Waals surface area contributed by atoms with Gasteiger partial charge in [0.05, 0.1) is 17.3 Å². The van der Waals surface area contributed by atoms with Crippen molar-refractivity contribution in [3.63, 3.8) is 0 Å². The summed E-state index contributed by atoms with van der Waals surface area (Å²) in [4.78, 5) is 25.2. The molecule has 0 unspecified atom stereocenters. The Hall–Kier alpha value is -3.08. The van der Waals surface area contributed by atoms with Crippen molar-refractivity contribution in [2.24, 2.45) is 7.05 Å². The molecule has 8 heteroatoms. The van der Waals surface area contributed by atoms with Crippen LogP contribution >= 0.6 is 0 Å². The summed E-state index contributed by atoms with van der Waals surface area (Å²) < 4.78 is 27.7. The number of carbonyl (C=O) groups excluding carboxylic acids is 2. The van der Waals surface area contributed by atoms with Gasteiger partial charge in [0.15, 0.2) is 17.5 Å². The van der Waals surface area contributed by atoms with Gasteiger partial charge in [-0.05, 0) is 12.1 Å². The van der Waals surface area contributed by atoms with Crippen LogP contribution in [0, 0.1) is 23.0 Å². The Morgan fingerprint density at radius 2 is 1.67 bits per heavy atom. The molecule has 0 saturated carbocycles. The smallest absolute Gasteiger partial charge is 0.267 e. The maximum Gasteiger partial charge on any atom is 0.267 e. The standard InChI is InChI=1S/C13H6F2N4O2/c1-18-11(6(4-16)5-17-18)19-12(20)7-2-9(14)10(15)3-8(7)13(19)21/h2-3,5H,1H3. The van der Waals surface area contributed by atoms with E-state index in [-0.39, 0.29) is 22.5 Å². The minimum Gasteiger partial charge on any atom is -0.268 e. The zero-order valence-electron chi connectivity index (χ0n) is 10.6. The summed E-state index contributed by atoms with van der Waals surface area (Å²) in [5.74, 6) is -4.13. The fourth-order valence-corrected chi connectivity index (χ4v) is 2.20. The Labute approximate surface area is 116 Å². The molecule has 21 heavy (non-hydrogen) atoms. The van der Waals surface area contributed by atoms with Crippen LogP contribution in [0.5, 0.6) is 0 Å². The summed E-state index contributed by atoms with van der Waals surface area (Å²) in [7, 11) is 1.45. The molecule has 3 rings (SSSR count). The molecule has 0 radical (unpaired) electrons. The van der Waals surface area contributed by atoms with Gasteiger partial charge in [0, 0.05) is 7.05 Å². The van der Waals surface area contributed by atoms with Gasteiger partial charge in [0.1, 0.15) is 11.6 Å². The van der Waals surface area contributed by atoms with E-state index in [0.717, 1.165) is 0 Å². The SMILES string of the molecule is Cn1ncc(C#N)c1N1C(=O)c2cc(F)c(F)cc2C1=O. The molecule has 0 bridgehead atoms. The van der Waals surface area contributed by atoms with Crippen LogP contribution in [0.15, 0.2) is 18.3 Å². The Kier molecular flexibility index (Phi) is 2.59. The Bertz CT molecular complexity index is 810. The minimum atomic E-state index is -1.22. The normalized spacial score (nSPS) is 13.5. The monoisotopic (exact) mass is 288 g/mol. The number of carbonyl (C=O) groups is 2. The van der Waals surface area contributed by atoms with Crippen molar-refractivity contribution in [2.45, 2.75) is 0 Å². The third-order valence-corrected chi connectivity index (χ3v) is 3.17. The highest BCUT2D eigenvalue weighted by molar-refractivity contribution is 6.34. The molecular weight excluding hydrogens is 282 g/mol. The summed E-state index contributed by atoms with van der Waals surface area (Å²) in [5, 5.41) is 12.8. The number of nitrogens with zero attached hydrogens (tertiary/aromatic N) is 4. The van der Waals surface area contributed by atoms with Crippen LogP contribution in [0.2, 0.25) is 0 Å². The maximum atomic E-state index is 13.2. The zero-order chi connectivity index (χ0) is 15.3. The minimum absolute atomic E-state index is 0.00736. The number of rotatable bonds is 1. The van der Waals surface area contributed by atoms with Gasteiger partial charge in [-0.25, -0.2) is 13.7 Å². The number of hydrogen-bond acceptors (Lipinski definition) is 4. The predicted molar refractivity (Wildman–Crippen MR) is 65.4 cm³/mol. The topological polar surface area (TPSA) is 79.0 Å². The fraction of sp³-hybridized carbons (Fsp3) is 0.0769. The van der Waals surface area contributed by atoms with Crippen molar-refractivity contribution in [3.05, 3.63) is 46.7 Å². The maximum absolute atomic E-state index is 13.2. The molecule has 6 nitrogen and oxygen atoms in total. The average molecular weight is 288 g/mol. The lowest BCUT2D eigenvalue weighted by Gasteiger charge is -2.13. The van der Waals surface area contributed by atoms with Crippen LogP contribution in [0.25, 0.3) is 0 Å². The molecule has 1 aromatic carbocycles. The van der Waals surface area contributed by atoms with E-state index in [1.807, 2.05) is 0 Å². The number of nitriles is 1. The van der Waals surface area contributed by atoms with Crippen molar-refractivity contribution >= 4 is 17.6 Å². The lowest BCUT2D eigenvalue weighted by atomic mass is 10.1. The van der Waals surface area contributed by atoms with E-state index in [9.17, 15) is 18.4 Å². The molecule has 0 spiro atoms. The van der Waals surface area contributed by atoms with E-state index in [1.165, 1.54) is 17.9 Å². The number of anilines is 1. The molecule has 0 saturated heterocycles. The first-order valence-corrected chi connectivity index (χ1v) is 5.75. The Morgan fingerprint density at radius 3 is 2.14 bits per heavy atom. The van der Waals surface area contributed by atoms with Gasteiger partial charge in [0.2, 0.25) is 0 Å². The third kappa shape index (κ3) is 1.64. The van der Waals surface area contributed by atoms with Crippen LogP contribution in [0.1, 0.15) is 26.3 Å². The summed E-state index contributed by atoms with van der Waals surface area (Å²) in [6, 6.07) is 3.15. The van der Waals surface area contributed by atoms with E-state index in [0.29, 0.717) is 17.0 Å². The molecule has 0 atom stereocenters. The van der Waals surface area contributed by atoms with Crippen LogP contribution in [-0.2, 0) is 7.05 Å². The number of aryl methyl sites for hydroxylation is 1. The predicted octanol–water partition coefficient (Wildman–Crippen LogP) is 1.37. The molecular formula is C13H6F2N4O2. The van der Waals surface area contributed by atoms with Crippen LogP contribution in [-0.4, -0.2) is 21.6 Å². The van der Waals surface area contributed by atoms with E-state index in [4.69, 9.17) is 5.26 Å². The van der Waals surface area contributed by atoms with Crippen molar-refractivity contribution in [2.75, 3.05) is 4.90 Å². The number of benzene rings is 1. The number of halogens is 2. The number of imide groups is 1. The molecule has 104 valence electrons. The molecule has 2 amide bonds. The summed E-state index contributed by atoms with van der Waals surface area (Å²) in [6.07, 6.45) is 1.19. The lowest BCUT2D eigenvalue weighted by Crippen LogP contribution is -2.31. The molecule has 0 fully saturated rings. The molecule has 2 heterocycles. The van der Waals surface area contributed by atoms with Gasteiger partial charge < -0.3 is 0 Å². The second kappa shape index (κ2) is 4.21. The van der Waals surface area contributed by atoms with Gasteiger partial charge in [-0.15, -0.1) is 0 Å². The molecule has 1 aliphatic rings. The first-order chi connectivity index (χ1) is 9.95. The molecule has 0 N–H and O–H groups in total. The Balaban J connectivity index is 2.21.